The summed E-state index contributed by atoms with van der Waals surface area (Å²) in [5, 5.41) is 0. The van der Waals surface area contributed by atoms with Crippen LogP contribution in [0.2, 0.25) is 0 Å². The number of hydrogen-bond acceptors (Lipinski definition) is 2. The number of nitrogens with zero attached hydrogens (tertiary/aromatic N) is 1. The SMILES string of the molecule is CC(C)C#CCCOC1CCN(C)CC1. The van der Waals surface area contributed by atoms with Gasteiger partial charge >= 0.3 is 0 Å². The van der Waals surface area contributed by atoms with E-state index in [0.717, 1.165) is 13.0 Å². The van der Waals surface area contributed by atoms with E-state index < -0.39 is 0 Å². The van der Waals surface area contributed by atoms with Crippen molar-refractivity contribution in [3.05, 3.63) is 0 Å². The molecule has 0 bridgehead atoms. The van der Waals surface area contributed by atoms with Gasteiger partial charge in [0.1, 0.15) is 0 Å². The van der Waals surface area contributed by atoms with Crippen molar-refractivity contribution >= 4 is 0 Å². The van der Waals surface area contributed by atoms with E-state index in [1.165, 1.54) is 25.9 Å². The standard InChI is InChI=1S/C13H23NO/c1-12(2)6-4-5-11-15-13-7-9-14(3)10-8-13/h12-13H,5,7-11H2,1-3H3. The van der Waals surface area contributed by atoms with E-state index in [1.54, 1.807) is 0 Å². The zero-order valence-electron chi connectivity index (χ0n) is 10.3. The Morgan fingerprint density at radius 3 is 2.60 bits per heavy atom. The highest BCUT2D eigenvalue weighted by Crippen LogP contribution is 2.11. The van der Waals surface area contributed by atoms with Crippen molar-refractivity contribution in [2.45, 2.75) is 39.2 Å². The number of hydrogen-bond donors (Lipinski definition) is 0. The first-order chi connectivity index (χ1) is 7.18. The number of likely N-dealkylation sites (tertiary alicyclic amines) is 1. The summed E-state index contributed by atoms with van der Waals surface area (Å²) < 4.78 is 5.78. The summed E-state index contributed by atoms with van der Waals surface area (Å²) in [4.78, 5) is 2.36. The summed E-state index contributed by atoms with van der Waals surface area (Å²) in [6.45, 7) is 7.37. The summed E-state index contributed by atoms with van der Waals surface area (Å²) in [5.41, 5.74) is 0. The van der Waals surface area contributed by atoms with Crippen LogP contribution < -0.4 is 0 Å². The van der Waals surface area contributed by atoms with Crippen molar-refractivity contribution in [3.8, 4) is 11.8 Å². The second-order valence-electron chi connectivity index (χ2n) is 4.60. The Bertz CT molecular complexity index is 218. The third kappa shape index (κ3) is 5.81. The van der Waals surface area contributed by atoms with Gasteiger partial charge in [0, 0.05) is 25.4 Å². The Morgan fingerprint density at radius 2 is 2.00 bits per heavy atom. The molecule has 86 valence electrons. The van der Waals surface area contributed by atoms with Gasteiger partial charge in [0.15, 0.2) is 0 Å². The van der Waals surface area contributed by atoms with E-state index in [2.05, 4.69) is 37.6 Å². The first kappa shape index (κ1) is 12.5. The minimum Gasteiger partial charge on any atom is -0.377 e. The summed E-state index contributed by atoms with van der Waals surface area (Å²) in [7, 11) is 2.17. The van der Waals surface area contributed by atoms with Crippen LogP contribution in [0.15, 0.2) is 0 Å². The molecule has 0 aromatic heterocycles. The van der Waals surface area contributed by atoms with Crippen LogP contribution >= 0.6 is 0 Å². The van der Waals surface area contributed by atoms with Crippen LogP contribution in [-0.2, 0) is 4.74 Å². The zero-order chi connectivity index (χ0) is 11.1. The fourth-order valence-electron chi connectivity index (χ4n) is 1.70. The largest absolute Gasteiger partial charge is 0.377 e. The molecule has 15 heavy (non-hydrogen) atoms. The second kappa shape index (κ2) is 6.87. The fourth-order valence-corrected chi connectivity index (χ4v) is 1.70. The number of piperidine rings is 1. The smallest absolute Gasteiger partial charge is 0.0600 e. The highest BCUT2D eigenvalue weighted by atomic mass is 16.5. The van der Waals surface area contributed by atoms with E-state index in [4.69, 9.17) is 4.74 Å². The average Bonchev–Trinajstić information content (AvgIpc) is 2.20. The Balaban J connectivity index is 2.04. The lowest BCUT2D eigenvalue weighted by Crippen LogP contribution is -2.34. The van der Waals surface area contributed by atoms with Gasteiger partial charge in [-0.25, -0.2) is 0 Å². The van der Waals surface area contributed by atoms with Gasteiger partial charge in [-0.05, 0) is 19.9 Å². The average molecular weight is 209 g/mol. The van der Waals surface area contributed by atoms with Crippen LogP contribution in [0.5, 0.6) is 0 Å². The molecule has 0 unspecified atom stereocenters. The Hall–Kier alpha value is -0.520. The molecule has 1 rings (SSSR count). The van der Waals surface area contributed by atoms with Crippen LogP contribution in [0.25, 0.3) is 0 Å². The van der Waals surface area contributed by atoms with Gasteiger partial charge in [0.25, 0.3) is 0 Å². The highest BCUT2D eigenvalue weighted by Gasteiger charge is 2.16. The van der Waals surface area contributed by atoms with Gasteiger partial charge in [-0.15, -0.1) is 11.8 Å². The molecule has 2 heteroatoms. The van der Waals surface area contributed by atoms with Crippen molar-refractivity contribution in [2.24, 2.45) is 5.92 Å². The van der Waals surface area contributed by atoms with E-state index in [9.17, 15) is 0 Å². The van der Waals surface area contributed by atoms with Crippen molar-refractivity contribution in [1.29, 1.82) is 0 Å². The molecule has 0 amide bonds. The Labute approximate surface area is 94.0 Å². The molecule has 0 saturated carbocycles. The zero-order valence-corrected chi connectivity index (χ0v) is 10.3. The lowest BCUT2D eigenvalue weighted by Gasteiger charge is -2.28. The van der Waals surface area contributed by atoms with Gasteiger partial charge in [0.2, 0.25) is 0 Å². The minimum atomic E-state index is 0.474. The lowest BCUT2D eigenvalue weighted by atomic mass is 10.1. The summed E-state index contributed by atoms with van der Waals surface area (Å²) in [5.74, 6) is 6.78. The molecule has 0 N–H and O–H groups in total. The molecular weight excluding hydrogens is 186 g/mol. The Morgan fingerprint density at radius 1 is 1.33 bits per heavy atom. The predicted molar refractivity (Wildman–Crippen MR) is 63.7 cm³/mol. The number of ether oxygens (including phenoxy) is 1. The van der Waals surface area contributed by atoms with Gasteiger partial charge in [-0.1, -0.05) is 13.8 Å². The maximum Gasteiger partial charge on any atom is 0.0600 e. The molecule has 1 heterocycles. The molecule has 0 aromatic carbocycles. The van der Waals surface area contributed by atoms with Crippen molar-refractivity contribution in [3.63, 3.8) is 0 Å². The summed E-state index contributed by atoms with van der Waals surface area (Å²) in [6, 6.07) is 0. The van der Waals surface area contributed by atoms with Crippen molar-refractivity contribution in [1.82, 2.24) is 4.90 Å². The van der Waals surface area contributed by atoms with E-state index in [-0.39, 0.29) is 0 Å². The monoisotopic (exact) mass is 209 g/mol. The summed E-state index contributed by atoms with van der Waals surface area (Å²) in [6.07, 6.45) is 3.70. The van der Waals surface area contributed by atoms with Gasteiger partial charge < -0.3 is 9.64 Å². The van der Waals surface area contributed by atoms with Gasteiger partial charge in [-0.2, -0.15) is 0 Å². The first-order valence-electron chi connectivity index (χ1n) is 5.97. The normalized spacial score (nSPS) is 18.9. The second-order valence-corrected chi connectivity index (χ2v) is 4.60. The molecule has 1 aliphatic heterocycles. The van der Waals surface area contributed by atoms with Crippen LogP contribution in [0.4, 0.5) is 0 Å². The third-order valence-corrected chi connectivity index (χ3v) is 2.64. The summed E-state index contributed by atoms with van der Waals surface area (Å²) >= 11 is 0. The third-order valence-electron chi connectivity index (χ3n) is 2.64. The highest BCUT2D eigenvalue weighted by molar-refractivity contribution is 5.01. The van der Waals surface area contributed by atoms with Crippen LogP contribution in [-0.4, -0.2) is 37.7 Å². The molecule has 0 aromatic rings. The van der Waals surface area contributed by atoms with E-state index in [0.29, 0.717) is 12.0 Å². The van der Waals surface area contributed by atoms with E-state index >= 15 is 0 Å². The molecule has 0 aliphatic carbocycles. The molecular formula is C13H23NO. The first-order valence-corrected chi connectivity index (χ1v) is 5.97. The minimum absolute atomic E-state index is 0.474. The lowest BCUT2D eigenvalue weighted by molar-refractivity contribution is 0.0155. The molecule has 1 fully saturated rings. The fraction of sp³-hybridized carbons (Fsp3) is 0.846. The molecule has 0 spiro atoms. The molecule has 0 radical (unpaired) electrons. The molecule has 1 aliphatic rings. The van der Waals surface area contributed by atoms with Crippen LogP contribution in [0.1, 0.15) is 33.1 Å². The molecule has 0 atom stereocenters. The molecule has 2 nitrogen and oxygen atoms in total. The van der Waals surface area contributed by atoms with Gasteiger partial charge in [0.05, 0.1) is 12.7 Å². The van der Waals surface area contributed by atoms with Gasteiger partial charge in [-0.3, -0.25) is 0 Å². The van der Waals surface area contributed by atoms with Crippen molar-refractivity contribution in [2.75, 3.05) is 26.7 Å². The maximum absolute atomic E-state index is 5.78. The maximum atomic E-state index is 5.78. The quantitative estimate of drug-likeness (QED) is 0.521. The van der Waals surface area contributed by atoms with Crippen LogP contribution in [0.3, 0.4) is 0 Å². The van der Waals surface area contributed by atoms with Crippen LogP contribution in [0, 0.1) is 17.8 Å². The van der Waals surface area contributed by atoms with E-state index in [1.807, 2.05) is 0 Å². The molecule has 1 saturated heterocycles. The predicted octanol–water partition coefficient (Wildman–Crippen LogP) is 2.15. The topological polar surface area (TPSA) is 12.5 Å². The number of rotatable bonds is 3. The van der Waals surface area contributed by atoms with Crippen molar-refractivity contribution < 1.29 is 4.74 Å². The Kier molecular flexibility index (Phi) is 5.75.